The van der Waals surface area contributed by atoms with Gasteiger partial charge in [0.05, 0.1) is 12.1 Å². The van der Waals surface area contributed by atoms with Crippen molar-refractivity contribution >= 4 is 29.6 Å². The minimum Gasteiger partial charge on any atom is -0.497 e. The second-order valence-corrected chi connectivity index (χ2v) is 6.53. The molecule has 29 heavy (non-hydrogen) atoms. The summed E-state index contributed by atoms with van der Waals surface area (Å²) in [6, 6.07) is 10.9. The van der Waals surface area contributed by atoms with E-state index in [1.54, 1.807) is 19.2 Å². The summed E-state index contributed by atoms with van der Waals surface area (Å²) >= 11 is 6.09. The van der Waals surface area contributed by atoms with Crippen LogP contribution in [0.4, 0.5) is 0 Å². The molecular formula is C21H20ClNO6. The third-order valence-corrected chi connectivity index (χ3v) is 4.38. The van der Waals surface area contributed by atoms with E-state index >= 15 is 0 Å². The topological polar surface area (TPSA) is 83.1 Å². The first-order chi connectivity index (χ1) is 14.0. The molecule has 1 N–H and O–H groups in total. The molecule has 1 aliphatic rings. The second-order valence-electron chi connectivity index (χ2n) is 6.13. The Morgan fingerprint density at radius 3 is 2.76 bits per heavy atom. The highest BCUT2D eigenvalue weighted by atomic mass is 35.5. The maximum absolute atomic E-state index is 11.8. The number of nitrogens with one attached hydrogen (secondary N) is 1. The van der Waals surface area contributed by atoms with Crippen molar-refractivity contribution in [2.75, 3.05) is 27.1 Å². The van der Waals surface area contributed by atoms with Crippen LogP contribution in [0.2, 0.25) is 5.02 Å². The van der Waals surface area contributed by atoms with E-state index in [0.717, 1.165) is 11.3 Å². The summed E-state index contributed by atoms with van der Waals surface area (Å²) in [6.45, 7) is 0.194. The number of methoxy groups -OCH3 is 1. The van der Waals surface area contributed by atoms with Crippen molar-refractivity contribution < 1.29 is 28.5 Å². The van der Waals surface area contributed by atoms with E-state index in [-0.39, 0.29) is 19.3 Å². The lowest BCUT2D eigenvalue weighted by Gasteiger charge is -2.06. The smallest absolute Gasteiger partial charge is 0.331 e. The standard InChI is InChI=1S/C21H20ClNO6/c1-26-16-5-2-14(3-6-16)8-9-23-19(24)12-27-20(25)7-4-15-10-17(22)21-18(11-15)28-13-29-21/h2-7,10-11H,8-9,12-13H2,1H3,(H,23,24)/b7-4+. The number of fused-ring (bicyclic) bond motifs is 1. The van der Waals surface area contributed by atoms with Crippen LogP contribution in [0.15, 0.2) is 42.5 Å². The predicted molar refractivity (Wildman–Crippen MR) is 107 cm³/mol. The molecule has 3 rings (SSSR count). The minimum atomic E-state index is -0.635. The van der Waals surface area contributed by atoms with Crippen molar-refractivity contribution in [2.45, 2.75) is 6.42 Å². The molecule has 1 heterocycles. The van der Waals surface area contributed by atoms with Crippen molar-refractivity contribution in [3.63, 3.8) is 0 Å². The maximum atomic E-state index is 11.8. The van der Waals surface area contributed by atoms with Gasteiger partial charge in [-0.2, -0.15) is 0 Å². The van der Waals surface area contributed by atoms with Gasteiger partial charge in [-0.25, -0.2) is 4.79 Å². The van der Waals surface area contributed by atoms with Crippen LogP contribution >= 0.6 is 11.6 Å². The van der Waals surface area contributed by atoms with E-state index in [9.17, 15) is 9.59 Å². The van der Waals surface area contributed by atoms with E-state index in [4.69, 9.17) is 30.5 Å². The van der Waals surface area contributed by atoms with Gasteiger partial charge in [0, 0.05) is 12.6 Å². The fraction of sp³-hybridized carbons (Fsp3) is 0.238. The van der Waals surface area contributed by atoms with Gasteiger partial charge >= 0.3 is 5.97 Å². The Morgan fingerprint density at radius 1 is 1.21 bits per heavy atom. The molecule has 0 atom stereocenters. The molecule has 0 aliphatic carbocycles. The van der Waals surface area contributed by atoms with Gasteiger partial charge in [-0.1, -0.05) is 23.7 Å². The van der Waals surface area contributed by atoms with E-state index < -0.39 is 5.97 Å². The molecule has 0 saturated carbocycles. The van der Waals surface area contributed by atoms with Crippen LogP contribution in [0.25, 0.3) is 6.08 Å². The second kappa shape index (κ2) is 9.84. The van der Waals surface area contributed by atoms with E-state index in [0.29, 0.717) is 35.1 Å². The quantitative estimate of drug-likeness (QED) is 0.525. The van der Waals surface area contributed by atoms with Gasteiger partial charge in [0.15, 0.2) is 18.1 Å². The van der Waals surface area contributed by atoms with Crippen LogP contribution in [0, 0.1) is 0 Å². The molecule has 1 amide bonds. The average molecular weight is 418 g/mol. The molecule has 2 aromatic carbocycles. The number of rotatable bonds is 8. The highest BCUT2D eigenvalue weighted by Crippen LogP contribution is 2.40. The number of hydrogen-bond acceptors (Lipinski definition) is 6. The Hall–Kier alpha value is -3.19. The van der Waals surface area contributed by atoms with Gasteiger partial charge in [0.1, 0.15) is 5.75 Å². The largest absolute Gasteiger partial charge is 0.497 e. The first kappa shape index (κ1) is 20.5. The fourth-order valence-electron chi connectivity index (χ4n) is 2.62. The van der Waals surface area contributed by atoms with Crippen LogP contribution in [0.3, 0.4) is 0 Å². The summed E-state index contributed by atoms with van der Waals surface area (Å²) in [5.41, 5.74) is 1.72. The van der Waals surface area contributed by atoms with Gasteiger partial charge in [-0.3, -0.25) is 4.79 Å². The zero-order valence-electron chi connectivity index (χ0n) is 15.8. The lowest BCUT2D eigenvalue weighted by atomic mass is 10.1. The summed E-state index contributed by atoms with van der Waals surface area (Å²) < 4.78 is 20.5. The van der Waals surface area contributed by atoms with Crippen LogP contribution in [-0.4, -0.2) is 38.9 Å². The lowest BCUT2D eigenvalue weighted by Crippen LogP contribution is -2.30. The average Bonchev–Trinajstić information content (AvgIpc) is 3.20. The monoisotopic (exact) mass is 417 g/mol. The highest BCUT2D eigenvalue weighted by molar-refractivity contribution is 6.32. The Kier molecular flexibility index (Phi) is 6.97. The molecule has 0 radical (unpaired) electrons. The first-order valence-electron chi connectivity index (χ1n) is 8.89. The molecule has 0 unspecified atom stereocenters. The summed E-state index contributed by atoms with van der Waals surface area (Å²) in [6.07, 6.45) is 3.41. The fourth-order valence-corrected chi connectivity index (χ4v) is 2.90. The number of carbonyl (C=O) groups is 2. The van der Waals surface area contributed by atoms with Crippen LogP contribution < -0.4 is 19.5 Å². The highest BCUT2D eigenvalue weighted by Gasteiger charge is 2.17. The molecular weight excluding hydrogens is 398 g/mol. The van der Waals surface area contributed by atoms with Gasteiger partial charge in [-0.05, 0) is 47.9 Å². The third kappa shape index (κ3) is 5.89. The number of ether oxygens (including phenoxy) is 4. The van der Waals surface area contributed by atoms with E-state index in [1.165, 1.54) is 12.2 Å². The Bertz CT molecular complexity index is 910. The number of esters is 1. The normalized spacial score (nSPS) is 12.1. The minimum absolute atomic E-state index is 0.109. The first-order valence-corrected chi connectivity index (χ1v) is 9.26. The van der Waals surface area contributed by atoms with Crippen LogP contribution in [0.1, 0.15) is 11.1 Å². The van der Waals surface area contributed by atoms with Crippen LogP contribution in [0.5, 0.6) is 17.2 Å². The van der Waals surface area contributed by atoms with Gasteiger partial charge < -0.3 is 24.3 Å². The van der Waals surface area contributed by atoms with Gasteiger partial charge in [0.2, 0.25) is 6.79 Å². The summed E-state index contributed by atoms with van der Waals surface area (Å²) in [5, 5.41) is 3.10. The van der Waals surface area contributed by atoms with Crippen molar-refractivity contribution in [2.24, 2.45) is 0 Å². The Morgan fingerprint density at radius 2 is 2.00 bits per heavy atom. The third-order valence-electron chi connectivity index (χ3n) is 4.10. The lowest BCUT2D eigenvalue weighted by molar-refractivity contribution is -0.143. The molecule has 8 heteroatoms. The Labute approximate surface area is 173 Å². The zero-order chi connectivity index (χ0) is 20.6. The van der Waals surface area contributed by atoms with Crippen LogP contribution in [-0.2, 0) is 20.7 Å². The molecule has 0 aromatic heterocycles. The molecule has 1 aliphatic heterocycles. The molecule has 0 saturated heterocycles. The number of halogens is 1. The van der Waals surface area contributed by atoms with Gasteiger partial charge in [0.25, 0.3) is 5.91 Å². The molecule has 0 spiro atoms. The van der Waals surface area contributed by atoms with E-state index in [1.807, 2.05) is 24.3 Å². The maximum Gasteiger partial charge on any atom is 0.331 e. The SMILES string of the molecule is COc1ccc(CCNC(=O)COC(=O)/C=C/c2cc(Cl)c3c(c2)OCO3)cc1. The number of benzene rings is 2. The van der Waals surface area contributed by atoms with Crippen molar-refractivity contribution in [1.29, 1.82) is 0 Å². The number of amides is 1. The van der Waals surface area contributed by atoms with Crippen molar-refractivity contribution in [3.05, 3.63) is 58.6 Å². The predicted octanol–water partition coefficient (Wildman–Crippen LogP) is 2.99. The summed E-state index contributed by atoms with van der Waals surface area (Å²) in [7, 11) is 1.61. The number of carbonyl (C=O) groups excluding carboxylic acids is 2. The molecule has 2 aromatic rings. The van der Waals surface area contributed by atoms with E-state index in [2.05, 4.69) is 5.32 Å². The number of hydrogen-bond donors (Lipinski definition) is 1. The molecule has 0 fully saturated rings. The summed E-state index contributed by atoms with van der Waals surface area (Å²) in [4.78, 5) is 23.6. The summed E-state index contributed by atoms with van der Waals surface area (Å²) in [5.74, 6) is 0.774. The van der Waals surface area contributed by atoms with Crippen molar-refractivity contribution in [3.8, 4) is 17.2 Å². The zero-order valence-corrected chi connectivity index (χ0v) is 16.5. The Balaban J connectivity index is 1.39. The van der Waals surface area contributed by atoms with Gasteiger partial charge in [-0.15, -0.1) is 0 Å². The molecule has 0 bridgehead atoms. The van der Waals surface area contributed by atoms with Crippen molar-refractivity contribution in [1.82, 2.24) is 5.32 Å². The molecule has 7 nitrogen and oxygen atoms in total. The molecule has 152 valence electrons.